The Morgan fingerprint density at radius 1 is 1.30 bits per heavy atom. The van der Waals surface area contributed by atoms with E-state index in [1.165, 1.54) is 34.3 Å². The van der Waals surface area contributed by atoms with Gasteiger partial charge in [0.2, 0.25) is 5.95 Å². The Balaban J connectivity index is 1.84. The summed E-state index contributed by atoms with van der Waals surface area (Å²) in [4.78, 5) is 36.3. The van der Waals surface area contributed by atoms with Crippen LogP contribution >= 0.6 is 0 Å². The Kier molecular flexibility index (Phi) is 5.73. The maximum atomic E-state index is 12.9. The number of nitriles is 1. The van der Waals surface area contributed by atoms with Crippen LogP contribution in [0.1, 0.15) is 35.3 Å². The summed E-state index contributed by atoms with van der Waals surface area (Å²) in [6.07, 6.45) is -1.99. The number of hydrogen-bond acceptors (Lipinski definition) is 5. The van der Waals surface area contributed by atoms with Crippen molar-refractivity contribution in [1.82, 2.24) is 14.9 Å². The average Bonchev–Trinajstić information content (AvgIpc) is 3.04. The van der Waals surface area contributed by atoms with Gasteiger partial charge in [-0.15, -0.1) is 0 Å². The Morgan fingerprint density at radius 2 is 1.97 bits per heavy atom. The van der Waals surface area contributed by atoms with Gasteiger partial charge in [-0.3, -0.25) is 9.69 Å². The number of ketones is 1. The maximum Gasteiger partial charge on any atom is 0.416 e. The number of rotatable bonds is 5. The molecule has 1 fully saturated rings. The molecule has 0 bridgehead atoms. The number of carbonyl (C=O) groups is 2. The molecule has 156 valence electrons. The minimum absolute atomic E-state index is 0.0216. The van der Waals surface area contributed by atoms with Crippen molar-refractivity contribution < 1.29 is 22.8 Å². The van der Waals surface area contributed by atoms with Crippen molar-refractivity contribution in [1.29, 1.82) is 5.26 Å². The first kappa shape index (κ1) is 21.2. The highest BCUT2D eigenvalue weighted by Crippen LogP contribution is 2.30. The van der Waals surface area contributed by atoms with Gasteiger partial charge in [0.1, 0.15) is 6.07 Å². The average molecular weight is 417 g/mol. The molecular weight excluding hydrogens is 399 g/mol. The van der Waals surface area contributed by atoms with Gasteiger partial charge in [0.15, 0.2) is 5.78 Å². The summed E-state index contributed by atoms with van der Waals surface area (Å²) in [5.74, 6) is -0.520. The van der Waals surface area contributed by atoms with Crippen LogP contribution in [0.5, 0.6) is 0 Å². The van der Waals surface area contributed by atoms with Crippen molar-refractivity contribution in [3.8, 4) is 6.07 Å². The standard InChI is InChI=1S/C20H18F3N5O2/c1-12(2)16-10-28(18-25-8-13(7-24)9-26-18)19(30)27(16)11-17(29)14-4-3-5-15(6-14)20(21,22)23/h3-6,8-9,12,16H,10-11H2,1-2H3/t16-/m1/s1. The molecule has 1 aromatic heterocycles. The van der Waals surface area contributed by atoms with E-state index in [0.29, 0.717) is 0 Å². The second-order valence-electron chi connectivity index (χ2n) is 7.22. The number of benzene rings is 1. The Bertz CT molecular complexity index is 999. The zero-order chi connectivity index (χ0) is 22.1. The molecule has 3 rings (SSSR count). The van der Waals surface area contributed by atoms with Crippen LogP contribution in [0.4, 0.5) is 23.9 Å². The SMILES string of the molecule is CC(C)[C@H]1CN(c2ncc(C#N)cn2)C(=O)N1CC(=O)c1cccc(C(F)(F)F)c1. The molecule has 7 nitrogen and oxygen atoms in total. The molecule has 0 saturated carbocycles. The monoisotopic (exact) mass is 417 g/mol. The molecule has 0 N–H and O–H groups in total. The van der Waals surface area contributed by atoms with Crippen molar-refractivity contribution in [2.45, 2.75) is 26.1 Å². The molecule has 1 aliphatic rings. The molecule has 0 spiro atoms. The molecule has 2 heterocycles. The summed E-state index contributed by atoms with van der Waals surface area (Å²) in [7, 11) is 0. The van der Waals surface area contributed by atoms with Gasteiger partial charge in [-0.05, 0) is 18.1 Å². The van der Waals surface area contributed by atoms with Gasteiger partial charge in [-0.1, -0.05) is 26.0 Å². The summed E-state index contributed by atoms with van der Waals surface area (Å²) < 4.78 is 38.8. The zero-order valence-corrected chi connectivity index (χ0v) is 16.2. The highest BCUT2D eigenvalue weighted by molar-refractivity contribution is 6.02. The lowest BCUT2D eigenvalue weighted by Gasteiger charge is -2.25. The Hall–Kier alpha value is -3.48. The summed E-state index contributed by atoms with van der Waals surface area (Å²) in [5.41, 5.74) is -0.801. The van der Waals surface area contributed by atoms with E-state index in [1.807, 2.05) is 19.9 Å². The van der Waals surface area contributed by atoms with E-state index in [2.05, 4.69) is 9.97 Å². The summed E-state index contributed by atoms with van der Waals surface area (Å²) in [5, 5.41) is 8.85. The van der Waals surface area contributed by atoms with E-state index in [1.54, 1.807) is 0 Å². The first-order valence-electron chi connectivity index (χ1n) is 9.12. The third-order valence-electron chi connectivity index (χ3n) is 4.85. The van der Waals surface area contributed by atoms with Crippen LogP contribution in [0, 0.1) is 17.2 Å². The number of halogens is 3. The van der Waals surface area contributed by atoms with E-state index >= 15 is 0 Å². The van der Waals surface area contributed by atoms with Gasteiger partial charge in [0.05, 0.1) is 42.7 Å². The lowest BCUT2D eigenvalue weighted by atomic mass is 10.0. The number of aromatic nitrogens is 2. The number of alkyl halides is 3. The quantitative estimate of drug-likeness (QED) is 0.695. The highest BCUT2D eigenvalue weighted by atomic mass is 19.4. The van der Waals surface area contributed by atoms with Crippen LogP contribution in [-0.2, 0) is 6.18 Å². The number of hydrogen-bond donors (Lipinski definition) is 0. The molecule has 0 unspecified atom stereocenters. The zero-order valence-electron chi connectivity index (χ0n) is 16.2. The van der Waals surface area contributed by atoms with Crippen molar-refractivity contribution in [2.75, 3.05) is 18.0 Å². The van der Waals surface area contributed by atoms with E-state index < -0.39 is 23.6 Å². The molecule has 1 aliphatic heterocycles. The van der Waals surface area contributed by atoms with Crippen LogP contribution < -0.4 is 4.90 Å². The van der Waals surface area contributed by atoms with Crippen molar-refractivity contribution in [3.05, 3.63) is 53.3 Å². The fourth-order valence-corrected chi connectivity index (χ4v) is 3.22. The molecule has 1 aromatic carbocycles. The van der Waals surface area contributed by atoms with Crippen molar-refractivity contribution in [2.24, 2.45) is 5.92 Å². The van der Waals surface area contributed by atoms with Crippen molar-refractivity contribution >= 4 is 17.8 Å². The summed E-state index contributed by atoms with van der Waals surface area (Å²) >= 11 is 0. The molecule has 2 amide bonds. The lowest BCUT2D eigenvalue weighted by molar-refractivity contribution is -0.137. The van der Waals surface area contributed by atoms with Crippen LogP contribution in [0.3, 0.4) is 0 Å². The van der Waals surface area contributed by atoms with Crippen molar-refractivity contribution in [3.63, 3.8) is 0 Å². The number of carbonyl (C=O) groups excluding carboxylic acids is 2. The summed E-state index contributed by atoms with van der Waals surface area (Å²) in [6, 6.07) is 5.15. The smallest absolute Gasteiger partial charge is 0.312 e. The predicted molar refractivity (Wildman–Crippen MR) is 101 cm³/mol. The number of amides is 2. The normalized spacial score (nSPS) is 16.8. The van der Waals surface area contributed by atoms with E-state index in [-0.39, 0.29) is 42.1 Å². The molecule has 1 atom stereocenters. The third kappa shape index (κ3) is 4.25. The van der Waals surface area contributed by atoms with Gasteiger partial charge in [0.25, 0.3) is 0 Å². The highest BCUT2D eigenvalue weighted by Gasteiger charge is 2.41. The third-order valence-corrected chi connectivity index (χ3v) is 4.85. The first-order chi connectivity index (χ1) is 14.1. The number of nitrogens with zero attached hydrogens (tertiary/aromatic N) is 5. The minimum Gasteiger partial charge on any atom is -0.312 e. The van der Waals surface area contributed by atoms with Gasteiger partial charge in [-0.2, -0.15) is 18.4 Å². The fourth-order valence-electron chi connectivity index (χ4n) is 3.22. The largest absolute Gasteiger partial charge is 0.416 e. The van der Waals surface area contributed by atoms with Crippen LogP contribution in [0.25, 0.3) is 0 Å². The Morgan fingerprint density at radius 3 is 2.53 bits per heavy atom. The predicted octanol–water partition coefficient (Wildman–Crippen LogP) is 3.52. The number of urea groups is 1. The second-order valence-corrected chi connectivity index (χ2v) is 7.22. The lowest BCUT2D eigenvalue weighted by Crippen LogP contribution is -2.41. The fraction of sp³-hybridized carbons (Fsp3) is 0.350. The van der Waals surface area contributed by atoms with Gasteiger partial charge in [-0.25, -0.2) is 14.8 Å². The van der Waals surface area contributed by atoms with E-state index in [9.17, 15) is 22.8 Å². The Labute approximate surface area is 170 Å². The molecular formula is C20H18F3N5O2. The molecule has 0 radical (unpaired) electrons. The van der Waals surface area contributed by atoms with Gasteiger partial charge >= 0.3 is 12.2 Å². The molecule has 10 heteroatoms. The molecule has 1 saturated heterocycles. The number of Topliss-reactive ketones (excluding diaryl/α,β-unsaturated/α-hetero) is 1. The first-order valence-corrected chi connectivity index (χ1v) is 9.12. The van der Waals surface area contributed by atoms with E-state index in [4.69, 9.17) is 5.26 Å². The topological polar surface area (TPSA) is 90.2 Å². The second kappa shape index (κ2) is 8.10. The van der Waals surface area contributed by atoms with Crippen LogP contribution in [0.2, 0.25) is 0 Å². The molecule has 0 aliphatic carbocycles. The van der Waals surface area contributed by atoms with Crippen LogP contribution in [-0.4, -0.2) is 45.8 Å². The molecule has 30 heavy (non-hydrogen) atoms. The summed E-state index contributed by atoms with van der Waals surface area (Å²) in [6.45, 7) is 3.61. The number of anilines is 1. The van der Waals surface area contributed by atoms with Gasteiger partial charge in [0, 0.05) is 5.56 Å². The minimum atomic E-state index is -4.57. The van der Waals surface area contributed by atoms with Gasteiger partial charge < -0.3 is 4.90 Å². The van der Waals surface area contributed by atoms with Crippen LogP contribution in [0.15, 0.2) is 36.7 Å². The van der Waals surface area contributed by atoms with E-state index in [0.717, 1.165) is 12.1 Å². The molecule has 2 aromatic rings. The maximum absolute atomic E-state index is 12.9.